The molecule has 1 fully saturated rings. The fourth-order valence-corrected chi connectivity index (χ4v) is 1.32. The van der Waals surface area contributed by atoms with Gasteiger partial charge in [-0.05, 0) is 13.0 Å². The number of hydrogen-bond donors (Lipinski definition) is 3. The quantitative estimate of drug-likeness (QED) is 0.497. The second-order valence-corrected chi connectivity index (χ2v) is 3.35. The largest absolute Gasteiger partial charge is 0.343 e. The van der Waals surface area contributed by atoms with E-state index in [-0.39, 0.29) is 24.8 Å². The monoisotopic (exact) mass is 213 g/mol. The number of likely N-dealkylation sites (N-methyl/N-ethyl adjacent to an activating group) is 1. The maximum atomic E-state index is 11.3. The fraction of sp³-hybridized carbons (Fsp3) is 0.667. The molecule has 6 nitrogen and oxygen atoms in total. The molecule has 0 bridgehead atoms. The number of piperidine rings is 1. The van der Waals surface area contributed by atoms with Crippen molar-refractivity contribution < 1.29 is 14.4 Å². The molecule has 6 heteroatoms. The van der Waals surface area contributed by atoms with Crippen LogP contribution in [0.15, 0.2) is 0 Å². The topological polar surface area (TPSA) is 87.3 Å². The third-order valence-corrected chi connectivity index (χ3v) is 2.11. The van der Waals surface area contributed by atoms with Crippen molar-refractivity contribution in [3.05, 3.63) is 0 Å². The normalized spacial score (nSPS) is 21.0. The molecule has 0 spiro atoms. The first-order valence-corrected chi connectivity index (χ1v) is 4.97. The molecule has 1 aliphatic rings. The van der Waals surface area contributed by atoms with Crippen LogP contribution in [0.3, 0.4) is 0 Å². The minimum Gasteiger partial charge on any atom is -0.343 e. The van der Waals surface area contributed by atoms with Crippen molar-refractivity contribution in [2.45, 2.75) is 25.8 Å². The van der Waals surface area contributed by atoms with Crippen molar-refractivity contribution >= 4 is 17.7 Å². The highest BCUT2D eigenvalue weighted by Crippen LogP contribution is 2.03. The highest BCUT2D eigenvalue weighted by molar-refractivity contribution is 6.01. The lowest BCUT2D eigenvalue weighted by Gasteiger charge is -2.21. The zero-order valence-electron chi connectivity index (χ0n) is 8.63. The van der Waals surface area contributed by atoms with Crippen LogP contribution in [-0.2, 0) is 14.4 Å². The summed E-state index contributed by atoms with van der Waals surface area (Å²) in [5.41, 5.74) is 0. The summed E-state index contributed by atoms with van der Waals surface area (Å²) in [4.78, 5) is 33.3. The lowest BCUT2D eigenvalue weighted by molar-refractivity contribution is -0.137. The Labute approximate surface area is 87.8 Å². The van der Waals surface area contributed by atoms with E-state index in [1.165, 1.54) is 0 Å². The predicted molar refractivity (Wildman–Crippen MR) is 52.9 cm³/mol. The van der Waals surface area contributed by atoms with Crippen LogP contribution < -0.4 is 16.0 Å². The Balaban J connectivity index is 2.34. The van der Waals surface area contributed by atoms with Gasteiger partial charge in [0, 0.05) is 6.42 Å². The van der Waals surface area contributed by atoms with Crippen LogP contribution >= 0.6 is 0 Å². The van der Waals surface area contributed by atoms with Crippen molar-refractivity contribution in [1.82, 2.24) is 16.0 Å². The summed E-state index contributed by atoms with van der Waals surface area (Å²) < 4.78 is 0. The van der Waals surface area contributed by atoms with Crippen molar-refractivity contribution in [2.75, 3.05) is 13.1 Å². The SMILES string of the molecule is CCNCC(=O)NC1CCC(=O)NC1=O. The third kappa shape index (κ3) is 3.67. The van der Waals surface area contributed by atoms with E-state index in [4.69, 9.17) is 0 Å². The number of amides is 3. The van der Waals surface area contributed by atoms with Crippen molar-refractivity contribution in [1.29, 1.82) is 0 Å². The molecule has 3 N–H and O–H groups in total. The molecule has 1 saturated heterocycles. The minimum absolute atomic E-state index is 0.189. The molecule has 3 amide bonds. The van der Waals surface area contributed by atoms with Gasteiger partial charge in [0.25, 0.3) is 0 Å². The maximum Gasteiger partial charge on any atom is 0.249 e. The van der Waals surface area contributed by atoms with Crippen LogP contribution in [0.4, 0.5) is 0 Å². The van der Waals surface area contributed by atoms with Gasteiger partial charge in [-0.25, -0.2) is 0 Å². The molecule has 0 saturated carbocycles. The van der Waals surface area contributed by atoms with Gasteiger partial charge in [-0.15, -0.1) is 0 Å². The second kappa shape index (κ2) is 5.45. The molecular weight excluding hydrogens is 198 g/mol. The van der Waals surface area contributed by atoms with Crippen LogP contribution in [-0.4, -0.2) is 36.9 Å². The van der Waals surface area contributed by atoms with E-state index < -0.39 is 11.9 Å². The molecule has 84 valence electrons. The first-order chi connectivity index (χ1) is 7.13. The number of nitrogens with one attached hydrogen (secondary N) is 3. The molecular formula is C9H15N3O3. The number of imide groups is 1. The summed E-state index contributed by atoms with van der Waals surface area (Å²) in [6.45, 7) is 2.77. The summed E-state index contributed by atoms with van der Waals surface area (Å²) in [5.74, 6) is -0.931. The molecule has 0 radical (unpaired) electrons. The van der Waals surface area contributed by atoms with Gasteiger partial charge in [-0.3, -0.25) is 19.7 Å². The van der Waals surface area contributed by atoms with Crippen molar-refractivity contribution in [3.63, 3.8) is 0 Å². The van der Waals surface area contributed by atoms with Crippen LogP contribution in [0.2, 0.25) is 0 Å². The first kappa shape index (κ1) is 11.6. The molecule has 1 unspecified atom stereocenters. The number of carbonyl (C=O) groups is 3. The van der Waals surface area contributed by atoms with Gasteiger partial charge < -0.3 is 10.6 Å². The molecule has 0 aromatic heterocycles. The molecule has 0 aromatic rings. The zero-order chi connectivity index (χ0) is 11.3. The van der Waals surface area contributed by atoms with Crippen LogP contribution in [0.25, 0.3) is 0 Å². The Morgan fingerprint density at radius 2 is 2.27 bits per heavy atom. The van der Waals surface area contributed by atoms with Gasteiger partial charge in [-0.1, -0.05) is 6.92 Å². The Morgan fingerprint density at radius 3 is 2.87 bits per heavy atom. The van der Waals surface area contributed by atoms with E-state index in [0.29, 0.717) is 13.0 Å². The molecule has 0 aliphatic carbocycles. The standard InChI is InChI=1S/C9H15N3O3/c1-2-10-5-8(14)11-6-3-4-7(13)12-9(6)15/h6,10H,2-5H2,1H3,(H,11,14)(H,12,13,15). The minimum atomic E-state index is -0.575. The number of hydrogen-bond acceptors (Lipinski definition) is 4. The van der Waals surface area contributed by atoms with E-state index in [0.717, 1.165) is 0 Å². The molecule has 15 heavy (non-hydrogen) atoms. The summed E-state index contributed by atoms with van der Waals surface area (Å²) in [7, 11) is 0. The maximum absolute atomic E-state index is 11.3. The average Bonchev–Trinajstić information content (AvgIpc) is 2.19. The lowest BCUT2D eigenvalue weighted by atomic mass is 10.1. The van der Waals surface area contributed by atoms with Gasteiger partial charge in [0.1, 0.15) is 6.04 Å². The van der Waals surface area contributed by atoms with Crippen molar-refractivity contribution in [2.24, 2.45) is 0 Å². The van der Waals surface area contributed by atoms with E-state index >= 15 is 0 Å². The Kier molecular flexibility index (Phi) is 4.23. The third-order valence-electron chi connectivity index (χ3n) is 2.11. The smallest absolute Gasteiger partial charge is 0.249 e. The fourth-order valence-electron chi connectivity index (χ4n) is 1.32. The highest BCUT2D eigenvalue weighted by atomic mass is 16.2. The Morgan fingerprint density at radius 1 is 1.53 bits per heavy atom. The van der Waals surface area contributed by atoms with Crippen LogP contribution in [0.1, 0.15) is 19.8 Å². The van der Waals surface area contributed by atoms with Crippen LogP contribution in [0, 0.1) is 0 Å². The second-order valence-electron chi connectivity index (χ2n) is 3.35. The Hall–Kier alpha value is -1.43. The summed E-state index contributed by atoms with van der Waals surface area (Å²) in [6.07, 6.45) is 0.653. The molecule has 1 aliphatic heterocycles. The molecule has 1 heterocycles. The first-order valence-electron chi connectivity index (χ1n) is 4.97. The van der Waals surface area contributed by atoms with Gasteiger partial charge in [0.2, 0.25) is 17.7 Å². The number of carbonyl (C=O) groups excluding carboxylic acids is 3. The predicted octanol–water partition coefficient (Wildman–Crippen LogP) is -1.48. The van der Waals surface area contributed by atoms with Crippen LogP contribution in [0.5, 0.6) is 0 Å². The number of rotatable bonds is 4. The molecule has 1 rings (SSSR count). The summed E-state index contributed by atoms with van der Waals surface area (Å²) >= 11 is 0. The average molecular weight is 213 g/mol. The van der Waals surface area contributed by atoms with Crippen molar-refractivity contribution in [3.8, 4) is 0 Å². The van der Waals surface area contributed by atoms with Gasteiger partial charge >= 0.3 is 0 Å². The lowest BCUT2D eigenvalue weighted by Crippen LogP contribution is -2.53. The summed E-state index contributed by atoms with van der Waals surface area (Å²) in [6, 6.07) is -0.575. The van der Waals surface area contributed by atoms with E-state index in [2.05, 4.69) is 16.0 Å². The zero-order valence-corrected chi connectivity index (χ0v) is 8.63. The van der Waals surface area contributed by atoms with Gasteiger partial charge in [0.05, 0.1) is 6.54 Å². The summed E-state index contributed by atoms with van der Waals surface area (Å²) in [5, 5.41) is 7.59. The Bertz CT molecular complexity index is 278. The molecule has 0 aromatic carbocycles. The van der Waals surface area contributed by atoms with E-state index in [1.807, 2.05) is 6.92 Å². The van der Waals surface area contributed by atoms with Gasteiger partial charge in [0.15, 0.2) is 0 Å². The highest BCUT2D eigenvalue weighted by Gasteiger charge is 2.27. The van der Waals surface area contributed by atoms with E-state index in [9.17, 15) is 14.4 Å². The molecule has 1 atom stereocenters. The van der Waals surface area contributed by atoms with Gasteiger partial charge in [-0.2, -0.15) is 0 Å². The van der Waals surface area contributed by atoms with E-state index in [1.54, 1.807) is 0 Å².